The topological polar surface area (TPSA) is 45.2 Å². The Bertz CT molecular complexity index is 880. The summed E-state index contributed by atoms with van der Waals surface area (Å²) in [6.45, 7) is 0. The molecule has 1 aromatic heterocycles. The van der Waals surface area contributed by atoms with Crippen LogP contribution in [0, 0.1) is 0 Å². The summed E-state index contributed by atoms with van der Waals surface area (Å²) in [7, 11) is 1.82. The van der Waals surface area contributed by atoms with Crippen molar-refractivity contribution in [3.05, 3.63) is 95.7 Å². The second kappa shape index (κ2) is 5.49. The monoisotopic (exact) mass is 315 g/mol. The minimum atomic E-state index is -0.775. The van der Waals surface area contributed by atoms with E-state index in [-0.39, 0.29) is 5.91 Å². The number of nitrogens with one attached hydrogen (secondary N) is 1. The Balaban J connectivity index is 1.97. The highest BCUT2D eigenvalue weighted by Crippen LogP contribution is 2.43. The first kappa shape index (κ1) is 14.5. The summed E-state index contributed by atoms with van der Waals surface area (Å²) >= 11 is 0. The normalized spacial score (nSPS) is 19.2. The van der Waals surface area contributed by atoms with Crippen LogP contribution in [0.1, 0.15) is 21.5 Å². The van der Waals surface area contributed by atoms with Crippen LogP contribution in [0.15, 0.2) is 79.0 Å². The van der Waals surface area contributed by atoms with Crippen LogP contribution in [-0.2, 0) is 5.66 Å². The number of carbonyl (C=O) groups is 1. The molecule has 0 saturated heterocycles. The van der Waals surface area contributed by atoms with Crippen molar-refractivity contribution in [2.24, 2.45) is 0 Å². The van der Waals surface area contributed by atoms with Crippen molar-refractivity contribution in [3.8, 4) is 0 Å². The number of amides is 1. The van der Waals surface area contributed by atoms with Crippen molar-refractivity contribution in [3.63, 3.8) is 0 Å². The van der Waals surface area contributed by atoms with Crippen LogP contribution in [0.4, 0.5) is 5.82 Å². The number of fused-ring (bicyclic) bond motifs is 1. The lowest BCUT2D eigenvalue weighted by atomic mass is 9.90. The third kappa shape index (κ3) is 2.00. The Morgan fingerprint density at radius 2 is 1.62 bits per heavy atom. The zero-order chi connectivity index (χ0) is 16.6. The Labute approximate surface area is 140 Å². The number of anilines is 1. The number of aromatic nitrogens is 1. The van der Waals surface area contributed by atoms with Gasteiger partial charge in [-0.1, -0.05) is 54.6 Å². The number of carbonyl (C=O) groups excluding carboxylic acids is 1. The van der Waals surface area contributed by atoms with E-state index in [2.05, 4.69) is 10.3 Å². The van der Waals surface area contributed by atoms with Gasteiger partial charge in [0.25, 0.3) is 5.91 Å². The van der Waals surface area contributed by atoms with Gasteiger partial charge < -0.3 is 10.2 Å². The average Bonchev–Trinajstić information content (AvgIpc) is 2.86. The van der Waals surface area contributed by atoms with Gasteiger partial charge in [-0.05, 0) is 18.2 Å². The molecule has 1 atom stereocenters. The highest BCUT2D eigenvalue weighted by molar-refractivity contribution is 6.01. The van der Waals surface area contributed by atoms with E-state index in [9.17, 15) is 4.79 Å². The SMILES string of the molecule is CN1C(=O)c2ccccc2C1(Nc1ccccn1)c1ccccc1. The molecular weight excluding hydrogens is 298 g/mol. The Morgan fingerprint density at radius 3 is 2.38 bits per heavy atom. The maximum atomic E-state index is 12.8. The first-order valence-electron chi connectivity index (χ1n) is 7.86. The molecule has 0 bridgehead atoms. The lowest BCUT2D eigenvalue weighted by Gasteiger charge is -2.38. The van der Waals surface area contributed by atoms with Gasteiger partial charge in [-0.15, -0.1) is 0 Å². The highest BCUT2D eigenvalue weighted by atomic mass is 16.2. The summed E-state index contributed by atoms with van der Waals surface area (Å²) in [5.41, 5.74) is 1.88. The van der Waals surface area contributed by atoms with Crippen LogP contribution in [0.25, 0.3) is 0 Å². The van der Waals surface area contributed by atoms with E-state index in [1.54, 1.807) is 11.1 Å². The lowest BCUT2D eigenvalue weighted by Crippen LogP contribution is -2.48. The number of nitrogens with zero attached hydrogens (tertiary/aromatic N) is 2. The van der Waals surface area contributed by atoms with Gasteiger partial charge in [0.05, 0.1) is 0 Å². The molecule has 2 heterocycles. The Hall–Kier alpha value is -3.14. The van der Waals surface area contributed by atoms with Crippen LogP contribution < -0.4 is 5.32 Å². The van der Waals surface area contributed by atoms with Crippen molar-refractivity contribution in [2.45, 2.75) is 5.66 Å². The predicted molar refractivity (Wildman–Crippen MR) is 93.6 cm³/mol. The number of benzene rings is 2. The number of pyridine rings is 1. The molecule has 2 aromatic carbocycles. The van der Waals surface area contributed by atoms with E-state index >= 15 is 0 Å². The molecule has 24 heavy (non-hydrogen) atoms. The summed E-state index contributed by atoms with van der Waals surface area (Å²) < 4.78 is 0. The van der Waals surface area contributed by atoms with Crippen LogP contribution >= 0.6 is 0 Å². The van der Waals surface area contributed by atoms with Gasteiger partial charge in [0.15, 0.2) is 5.66 Å². The van der Waals surface area contributed by atoms with Gasteiger partial charge in [0.1, 0.15) is 5.82 Å². The van der Waals surface area contributed by atoms with Gasteiger partial charge in [-0.3, -0.25) is 4.79 Å². The van der Waals surface area contributed by atoms with Gasteiger partial charge in [-0.2, -0.15) is 0 Å². The van der Waals surface area contributed by atoms with Crippen molar-refractivity contribution >= 4 is 11.7 Å². The molecule has 4 rings (SSSR count). The van der Waals surface area contributed by atoms with Crippen LogP contribution in [0.3, 0.4) is 0 Å². The summed E-state index contributed by atoms with van der Waals surface area (Å²) in [5, 5.41) is 3.50. The predicted octanol–water partition coefficient (Wildman–Crippen LogP) is 3.48. The standard InChI is InChI=1S/C20H17N3O/c1-23-19(24)16-11-5-6-12-17(16)20(23,15-9-3-2-4-10-15)22-18-13-7-8-14-21-18/h2-14H,1H3,(H,21,22). The van der Waals surface area contributed by atoms with Gasteiger partial charge in [-0.25, -0.2) is 4.98 Å². The largest absolute Gasteiger partial charge is 0.340 e. The van der Waals surface area contributed by atoms with Crippen molar-refractivity contribution in [2.75, 3.05) is 12.4 Å². The van der Waals surface area contributed by atoms with Crippen LogP contribution in [0.2, 0.25) is 0 Å². The molecule has 118 valence electrons. The maximum Gasteiger partial charge on any atom is 0.256 e. The second-order valence-corrected chi connectivity index (χ2v) is 5.83. The van der Waals surface area contributed by atoms with Crippen molar-refractivity contribution in [1.82, 2.24) is 9.88 Å². The molecule has 0 saturated carbocycles. The summed E-state index contributed by atoms with van der Waals surface area (Å²) in [6.07, 6.45) is 1.74. The fourth-order valence-electron chi connectivity index (χ4n) is 3.37. The zero-order valence-corrected chi connectivity index (χ0v) is 13.3. The number of rotatable bonds is 3. The third-order valence-corrected chi connectivity index (χ3v) is 4.52. The molecule has 1 unspecified atom stereocenters. The van der Waals surface area contributed by atoms with Gasteiger partial charge in [0.2, 0.25) is 0 Å². The van der Waals surface area contributed by atoms with E-state index in [1.165, 1.54) is 0 Å². The molecule has 1 N–H and O–H groups in total. The molecule has 0 aliphatic carbocycles. The van der Waals surface area contributed by atoms with Crippen LogP contribution in [0.5, 0.6) is 0 Å². The highest BCUT2D eigenvalue weighted by Gasteiger charge is 2.49. The van der Waals surface area contributed by atoms with Gasteiger partial charge >= 0.3 is 0 Å². The molecule has 0 fully saturated rings. The molecule has 0 spiro atoms. The Kier molecular flexibility index (Phi) is 3.31. The molecular formula is C20H17N3O. The summed E-state index contributed by atoms with van der Waals surface area (Å²) in [6, 6.07) is 23.4. The maximum absolute atomic E-state index is 12.8. The first-order valence-corrected chi connectivity index (χ1v) is 7.86. The molecule has 4 heteroatoms. The quantitative estimate of drug-likeness (QED) is 0.805. The molecule has 1 aliphatic heterocycles. The van der Waals surface area contributed by atoms with Crippen molar-refractivity contribution < 1.29 is 4.79 Å². The molecule has 1 amide bonds. The summed E-state index contributed by atoms with van der Waals surface area (Å²) in [5.74, 6) is 0.718. The molecule has 1 aliphatic rings. The zero-order valence-electron chi connectivity index (χ0n) is 13.3. The lowest BCUT2D eigenvalue weighted by molar-refractivity contribution is 0.0725. The fraction of sp³-hybridized carbons (Fsp3) is 0.100. The number of hydrogen-bond acceptors (Lipinski definition) is 3. The van der Waals surface area contributed by atoms with Crippen molar-refractivity contribution in [1.29, 1.82) is 0 Å². The van der Waals surface area contributed by atoms with Gasteiger partial charge in [0, 0.05) is 29.9 Å². The molecule has 4 nitrogen and oxygen atoms in total. The van der Waals surface area contributed by atoms with E-state index < -0.39 is 5.66 Å². The van der Waals surface area contributed by atoms with E-state index in [0.29, 0.717) is 5.56 Å². The third-order valence-electron chi connectivity index (χ3n) is 4.52. The van der Waals surface area contributed by atoms with E-state index in [0.717, 1.165) is 16.9 Å². The smallest absolute Gasteiger partial charge is 0.256 e. The average molecular weight is 315 g/mol. The summed E-state index contributed by atoms with van der Waals surface area (Å²) in [4.78, 5) is 19.0. The first-order chi connectivity index (χ1) is 11.7. The van der Waals surface area contributed by atoms with E-state index in [1.807, 2.05) is 79.8 Å². The molecule has 0 radical (unpaired) electrons. The Morgan fingerprint density at radius 1 is 0.917 bits per heavy atom. The second-order valence-electron chi connectivity index (χ2n) is 5.83. The minimum Gasteiger partial charge on any atom is -0.340 e. The molecule has 3 aromatic rings. The van der Waals surface area contributed by atoms with Crippen LogP contribution in [-0.4, -0.2) is 22.8 Å². The number of hydrogen-bond donors (Lipinski definition) is 1. The fourth-order valence-corrected chi connectivity index (χ4v) is 3.37. The minimum absolute atomic E-state index is 0.00196. The van der Waals surface area contributed by atoms with E-state index in [4.69, 9.17) is 0 Å².